The number of likely N-dealkylation sites (tertiary alicyclic amines) is 1. The van der Waals surface area contributed by atoms with E-state index in [9.17, 15) is 14.4 Å². The third-order valence-corrected chi connectivity index (χ3v) is 7.13. The molecule has 0 bridgehead atoms. The molecule has 3 rings (SSSR count). The van der Waals surface area contributed by atoms with Crippen LogP contribution in [0.5, 0.6) is 0 Å². The maximum Gasteiger partial charge on any atom is 0.302 e. The van der Waals surface area contributed by atoms with Gasteiger partial charge in [0.05, 0.1) is 34.7 Å². The normalized spacial score (nSPS) is 19.5. The molecule has 0 unspecified atom stereocenters. The maximum absolute atomic E-state index is 13.3. The number of thiazole rings is 1. The van der Waals surface area contributed by atoms with Crippen molar-refractivity contribution in [2.24, 2.45) is 11.1 Å². The second-order valence-electron chi connectivity index (χ2n) is 9.94. The van der Waals surface area contributed by atoms with Crippen molar-refractivity contribution in [2.45, 2.75) is 72.2 Å². The number of carbonyl (C=O) groups is 3. The monoisotopic (exact) mass is 522 g/mol. The van der Waals surface area contributed by atoms with Gasteiger partial charge in [-0.25, -0.2) is 4.98 Å². The molecular weight excluding hydrogens is 488 g/mol. The first-order valence-corrected chi connectivity index (χ1v) is 12.3. The molecule has 0 spiro atoms. The second-order valence-corrected chi connectivity index (χ2v) is 10.8. The molecule has 0 aliphatic carbocycles. The summed E-state index contributed by atoms with van der Waals surface area (Å²) < 4.78 is 5.33. The molecule has 3 N–H and O–H groups in total. The molecule has 8 nitrogen and oxygen atoms in total. The van der Waals surface area contributed by atoms with Crippen LogP contribution in [0, 0.1) is 12.3 Å². The predicted molar refractivity (Wildman–Crippen MR) is 139 cm³/mol. The van der Waals surface area contributed by atoms with E-state index in [2.05, 4.69) is 10.3 Å². The van der Waals surface area contributed by atoms with Crippen molar-refractivity contribution in [3.63, 3.8) is 0 Å². The predicted octanol–water partition coefficient (Wildman–Crippen LogP) is 3.62. The molecule has 1 saturated heterocycles. The van der Waals surface area contributed by atoms with Crippen LogP contribution in [0.2, 0.25) is 0 Å². The Hall–Kier alpha value is -2.49. The molecule has 35 heavy (non-hydrogen) atoms. The highest BCUT2D eigenvalue weighted by Crippen LogP contribution is 2.29. The molecule has 1 aliphatic rings. The van der Waals surface area contributed by atoms with E-state index in [1.54, 1.807) is 11.3 Å². The molecule has 1 aliphatic heterocycles. The molecule has 4 atom stereocenters. The zero-order valence-electron chi connectivity index (χ0n) is 21.0. The number of rotatable bonds is 6. The summed E-state index contributed by atoms with van der Waals surface area (Å²) in [6.07, 6.45) is -0.300. The highest BCUT2D eigenvalue weighted by Gasteiger charge is 2.44. The van der Waals surface area contributed by atoms with Crippen molar-refractivity contribution >= 4 is 41.5 Å². The summed E-state index contributed by atoms with van der Waals surface area (Å²) in [5, 5.41) is 3.02. The van der Waals surface area contributed by atoms with Gasteiger partial charge < -0.3 is 20.7 Å². The molecule has 0 saturated carbocycles. The summed E-state index contributed by atoms with van der Waals surface area (Å²) in [6, 6.07) is 6.19. The number of amides is 2. The Kier molecular flexibility index (Phi) is 9.44. The number of hydrogen-bond acceptors (Lipinski definition) is 7. The third kappa shape index (κ3) is 6.80. The van der Waals surface area contributed by atoms with Gasteiger partial charge in [0.2, 0.25) is 11.8 Å². The fourth-order valence-corrected chi connectivity index (χ4v) is 4.87. The molecule has 2 heterocycles. The van der Waals surface area contributed by atoms with Crippen LogP contribution in [-0.4, -0.2) is 52.4 Å². The highest BCUT2D eigenvalue weighted by atomic mass is 35.5. The average Bonchev–Trinajstić information content (AvgIpc) is 3.37. The van der Waals surface area contributed by atoms with Crippen LogP contribution in [0.15, 0.2) is 29.8 Å². The Bertz CT molecular complexity index is 1050. The van der Waals surface area contributed by atoms with Crippen LogP contribution < -0.4 is 11.1 Å². The SMILES string of the molecule is CC(=O)O[C@@H]1C[C@H](C(=O)N[C@@H](C)c2ccc(-c3scnc3C)cc2)N(C(=O)[C@@H](N)C(C)(C)C)C1.Cl. The highest BCUT2D eigenvalue weighted by molar-refractivity contribution is 7.13. The number of nitrogens with zero attached hydrogens (tertiary/aromatic N) is 2. The minimum Gasteiger partial charge on any atom is -0.461 e. The minimum absolute atomic E-state index is 0. The van der Waals surface area contributed by atoms with Crippen LogP contribution in [0.1, 0.15) is 58.3 Å². The van der Waals surface area contributed by atoms with Crippen LogP contribution in [-0.2, 0) is 19.1 Å². The van der Waals surface area contributed by atoms with Gasteiger partial charge >= 0.3 is 5.97 Å². The molecular formula is C25H35ClN4O4S. The molecule has 10 heteroatoms. The largest absolute Gasteiger partial charge is 0.461 e. The van der Waals surface area contributed by atoms with Crippen LogP contribution in [0.3, 0.4) is 0 Å². The van der Waals surface area contributed by atoms with E-state index in [0.717, 1.165) is 21.7 Å². The lowest BCUT2D eigenvalue weighted by Gasteiger charge is -2.32. The summed E-state index contributed by atoms with van der Waals surface area (Å²) in [4.78, 5) is 44.8. The molecule has 1 fully saturated rings. The molecule has 2 aromatic rings. The minimum atomic E-state index is -0.779. The maximum atomic E-state index is 13.3. The fraction of sp³-hybridized carbons (Fsp3) is 0.520. The number of aryl methyl sites for hydroxylation is 1. The Labute approximate surface area is 217 Å². The van der Waals surface area contributed by atoms with E-state index < -0.39 is 29.6 Å². The number of nitrogens with two attached hydrogens (primary N) is 1. The van der Waals surface area contributed by atoms with Crippen molar-refractivity contribution in [3.05, 3.63) is 41.0 Å². The summed E-state index contributed by atoms with van der Waals surface area (Å²) in [6.45, 7) is 11.0. The van der Waals surface area contributed by atoms with Gasteiger partial charge in [-0.1, -0.05) is 45.0 Å². The third-order valence-electron chi connectivity index (χ3n) is 6.16. The first-order chi connectivity index (χ1) is 15.9. The summed E-state index contributed by atoms with van der Waals surface area (Å²) in [7, 11) is 0. The quantitative estimate of drug-likeness (QED) is 0.560. The summed E-state index contributed by atoms with van der Waals surface area (Å²) in [5.74, 6) is -1.05. The van der Waals surface area contributed by atoms with E-state index in [1.807, 2.05) is 64.4 Å². The van der Waals surface area contributed by atoms with Gasteiger partial charge in [0, 0.05) is 13.3 Å². The van der Waals surface area contributed by atoms with E-state index >= 15 is 0 Å². The molecule has 0 radical (unpaired) electrons. The van der Waals surface area contributed by atoms with Crippen molar-refractivity contribution in [3.8, 4) is 10.4 Å². The van der Waals surface area contributed by atoms with Crippen molar-refractivity contribution in [2.75, 3.05) is 6.54 Å². The Balaban J connectivity index is 0.00000432. The standard InChI is InChI=1S/C25H34N4O4S.ClH/c1-14(17-7-9-18(10-8-17)21-15(2)27-13-34-21)28-23(31)20-11-19(33-16(3)30)12-29(20)24(32)22(26)25(4,5)6;/h7-10,13-14,19-20,22H,11-12,26H2,1-6H3,(H,28,31);1H/t14-,19+,20+,22+;/m0./s1. The molecule has 1 aromatic carbocycles. The lowest BCUT2D eigenvalue weighted by molar-refractivity contribution is -0.147. The Morgan fingerprint density at radius 3 is 2.37 bits per heavy atom. The lowest BCUT2D eigenvalue weighted by Crippen LogP contribution is -2.55. The van der Waals surface area contributed by atoms with Crippen LogP contribution in [0.4, 0.5) is 0 Å². The topological polar surface area (TPSA) is 115 Å². The average molecular weight is 523 g/mol. The Morgan fingerprint density at radius 1 is 1.23 bits per heavy atom. The van der Waals surface area contributed by atoms with Gasteiger partial charge in [0.1, 0.15) is 12.1 Å². The van der Waals surface area contributed by atoms with Crippen LogP contribution >= 0.6 is 23.7 Å². The van der Waals surface area contributed by atoms with Gasteiger partial charge in [0.15, 0.2) is 0 Å². The number of carbonyl (C=O) groups excluding carboxylic acids is 3. The zero-order valence-corrected chi connectivity index (χ0v) is 22.7. The smallest absolute Gasteiger partial charge is 0.302 e. The van der Waals surface area contributed by atoms with Gasteiger partial charge in [-0.15, -0.1) is 23.7 Å². The number of aromatic nitrogens is 1. The van der Waals surface area contributed by atoms with Gasteiger partial charge in [0.25, 0.3) is 0 Å². The number of halogens is 1. The van der Waals surface area contributed by atoms with E-state index in [4.69, 9.17) is 10.5 Å². The number of benzene rings is 1. The van der Waals surface area contributed by atoms with Crippen LogP contribution in [0.25, 0.3) is 10.4 Å². The lowest BCUT2D eigenvalue weighted by atomic mass is 9.86. The van der Waals surface area contributed by atoms with E-state index in [1.165, 1.54) is 11.8 Å². The first-order valence-electron chi connectivity index (χ1n) is 11.4. The van der Waals surface area contributed by atoms with Gasteiger partial charge in [-0.3, -0.25) is 14.4 Å². The summed E-state index contributed by atoms with van der Waals surface area (Å²) >= 11 is 1.59. The number of nitrogens with one attached hydrogen (secondary N) is 1. The van der Waals surface area contributed by atoms with Gasteiger partial charge in [-0.2, -0.15) is 0 Å². The number of hydrogen-bond donors (Lipinski definition) is 2. The molecule has 192 valence electrons. The fourth-order valence-electron chi connectivity index (χ4n) is 4.05. The molecule has 1 aromatic heterocycles. The summed E-state index contributed by atoms with van der Waals surface area (Å²) in [5.41, 5.74) is 10.6. The molecule has 2 amide bonds. The van der Waals surface area contributed by atoms with E-state index in [0.29, 0.717) is 0 Å². The number of esters is 1. The van der Waals surface area contributed by atoms with Crippen molar-refractivity contribution < 1.29 is 19.1 Å². The number of ether oxygens (including phenoxy) is 1. The van der Waals surface area contributed by atoms with Gasteiger partial charge in [-0.05, 0) is 30.4 Å². The van der Waals surface area contributed by atoms with E-state index in [-0.39, 0.29) is 43.2 Å². The zero-order chi connectivity index (χ0) is 25.2. The van der Waals surface area contributed by atoms with Crippen molar-refractivity contribution in [1.29, 1.82) is 0 Å². The second kappa shape index (κ2) is 11.5. The Morgan fingerprint density at radius 2 is 1.86 bits per heavy atom. The van der Waals surface area contributed by atoms with Crippen molar-refractivity contribution in [1.82, 2.24) is 15.2 Å². The first kappa shape index (κ1) is 28.7.